The van der Waals surface area contributed by atoms with Gasteiger partial charge in [0.25, 0.3) is 0 Å². The van der Waals surface area contributed by atoms with Gasteiger partial charge in [0.15, 0.2) is 0 Å². The van der Waals surface area contributed by atoms with Crippen LogP contribution < -0.4 is 0 Å². The molecule has 0 spiro atoms. The van der Waals surface area contributed by atoms with Gasteiger partial charge in [-0.25, -0.2) is 9.59 Å². The number of unbranched alkanes of at least 4 members (excludes halogenated alkanes) is 2. The van der Waals surface area contributed by atoms with Gasteiger partial charge in [-0.3, -0.25) is 19.4 Å². The topological polar surface area (TPSA) is 148 Å². The van der Waals surface area contributed by atoms with Gasteiger partial charge in [0.2, 0.25) is 0 Å². The smallest absolute Gasteiger partial charge is 0.410 e. The molecule has 294 valence electrons. The lowest BCUT2D eigenvalue weighted by molar-refractivity contribution is -0.141. The lowest BCUT2D eigenvalue weighted by atomic mass is 10.2. The van der Waals surface area contributed by atoms with Crippen molar-refractivity contribution in [1.82, 2.24) is 19.6 Å². The minimum absolute atomic E-state index is 0.0939. The summed E-state index contributed by atoms with van der Waals surface area (Å²) in [4.78, 5) is 55.0. The van der Waals surface area contributed by atoms with E-state index in [0.29, 0.717) is 74.8 Å². The maximum absolute atomic E-state index is 12.5. The molecule has 0 aromatic carbocycles. The molecule has 2 saturated heterocycles. The number of hydrogen-bond acceptors (Lipinski definition) is 11. The number of ether oxygens (including phenoxy) is 5. The highest BCUT2D eigenvalue weighted by Gasteiger charge is 2.42. The van der Waals surface area contributed by atoms with E-state index in [-0.39, 0.29) is 42.8 Å². The highest BCUT2D eigenvalue weighted by atomic mass is 32.1. The molecule has 2 aliphatic heterocycles. The Morgan fingerprint density at radius 2 is 1.06 bits per heavy atom. The minimum Gasteiger partial charge on any atom is -0.481 e. The summed E-state index contributed by atoms with van der Waals surface area (Å²) in [6.45, 7) is 12.9. The third kappa shape index (κ3) is 18.0. The summed E-state index contributed by atoms with van der Waals surface area (Å²) in [5, 5.41) is 8.64. The number of rotatable bonds is 14. The van der Waals surface area contributed by atoms with E-state index >= 15 is 0 Å². The summed E-state index contributed by atoms with van der Waals surface area (Å²) in [6.07, 6.45) is 3.56. The number of nitrogens with zero attached hydrogens (tertiary/aromatic N) is 4. The molecule has 0 aliphatic carbocycles. The van der Waals surface area contributed by atoms with Gasteiger partial charge < -0.3 is 38.6 Å². The maximum Gasteiger partial charge on any atom is 0.410 e. The molecule has 4 atom stereocenters. The Kier molecular flexibility index (Phi) is 19.6. The SMILES string of the molecule is CN(C)C(=S)[C@@H]1C[C@@H](OCCCCC(=O)O)CN1C(=O)OC(C)(C)C.COC(=O)CCCCO[C@@H]1C[C@@H](C(=S)N(C)C)N(C(=O)OC(C)(C)C)C1. The molecule has 16 heteroatoms. The van der Waals surface area contributed by atoms with Crippen LogP contribution in [0, 0.1) is 0 Å². The van der Waals surface area contributed by atoms with E-state index in [1.807, 2.05) is 79.5 Å². The van der Waals surface area contributed by atoms with Crippen LogP contribution in [-0.2, 0) is 33.3 Å². The average molecular weight is 763 g/mol. The molecule has 0 aromatic rings. The van der Waals surface area contributed by atoms with Crippen LogP contribution in [-0.4, -0.2) is 156 Å². The second-order valence-corrected chi connectivity index (χ2v) is 15.9. The summed E-state index contributed by atoms with van der Waals surface area (Å²) in [7, 11) is 8.84. The molecular formula is C35H62N4O10S2. The number of hydrogen-bond donors (Lipinski definition) is 1. The molecule has 2 heterocycles. The lowest BCUT2D eigenvalue weighted by Crippen LogP contribution is -2.46. The van der Waals surface area contributed by atoms with Crippen molar-refractivity contribution in [3.05, 3.63) is 0 Å². The van der Waals surface area contributed by atoms with Gasteiger partial charge in [0.05, 0.1) is 44.5 Å². The molecule has 2 fully saturated rings. The largest absolute Gasteiger partial charge is 0.481 e. The predicted octanol–water partition coefficient (Wildman–Crippen LogP) is 5.14. The molecule has 0 radical (unpaired) electrons. The molecule has 0 bridgehead atoms. The highest BCUT2D eigenvalue weighted by molar-refractivity contribution is 7.80. The Morgan fingerprint density at radius 1 is 0.686 bits per heavy atom. The normalized spacial score (nSPS) is 20.2. The number of likely N-dealkylation sites (N-methyl/N-ethyl adjacent to an activating group) is 2. The first-order chi connectivity index (χ1) is 23.6. The summed E-state index contributed by atoms with van der Waals surface area (Å²) in [5.41, 5.74) is -1.13. The average Bonchev–Trinajstić information content (AvgIpc) is 3.63. The Morgan fingerprint density at radius 3 is 1.37 bits per heavy atom. The molecular weight excluding hydrogens is 701 g/mol. The van der Waals surface area contributed by atoms with E-state index in [4.69, 9.17) is 48.5 Å². The fraction of sp³-hybridized carbons (Fsp3) is 0.829. The zero-order valence-corrected chi connectivity index (χ0v) is 34.2. The van der Waals surface area contributed by atoms with Crippen LogP contribution in [0.1, 0.15) is 92.9 Å². The Bertz CT molecular complexity index is 1170. The number of amides is 2. The van der Waals surface area contributed by atoms with Crippen molar-refractivity contribution in [3.8, 4) is 0 Å². The van der Waals surface area contributed by atoms with Gasteiger partial charge in [0.1, 0.15) is 21.2 Å². The fourth-order valence-electron chi connectivity index (χ4n) is 5.30. The molecule has 1 N–H and O–H groups in total. The Balaban J connectivity index is 0.000000510. The van der Waals surface area contributed by atoms with Crippen molar-refractivity contribution >= 4 is 58.5 Å². The number of carbonyl (C=O) groups is 4. The van der Waals surface area contributed by atoms with E-state index in [1.54, 1.807) is 9.80 Å². The highest BCUT2D eigenvalue weighted by Crippen LogP contribution is 2.27. The molecule has 2 amide bonds. The zero-order chi connectivity index (χ0) is 39.1. The number of carboxylic acid groups (broad SMARTS) is 1. The molecule has 14 nitrogen and oxygen atoms in total. The van der Waals surface area contributed by atoms with Gasteiger partial charge in [-0.2, -0.15) is 0 Å². The number of carbonyl (C=O) groups excluding carboxylic acids is 3. The van der Waals surface area contributed by atoms with E-state index in [0.717, 1.165) is 6.42 Å². The second kappa shape index (κ2) is 21.6. The number of carboxylic acids is 1. The number of esters is 1. The van der Waals surface area contributed by atoms with E-state index in [2.05, 4.69) is 4.74 Å². The molecule has 0 aromatic heterocycles. The molecule has 0 unspecified atom stereocenters. The van der Waals surface area contributed by atoms with Crippen LogP contribution in [0.15, 0.2) is 0 Å². The predicted molar refractivity (Wildman–Crippen MR) is 202 cm³/mol. The van der Waals surface area contributed by atoms with Gasteiger partial charge >= 0.3 is 24.1 Å². The standard InChI is InChI=1S/C18H32N2O5S.C17H30N2O5S/c1-18(2,3)25-17(22)20-12-13(11-14(20)16(26)19(4)5)24-10-8-7-9-15(21)23-6;1-17(2,3)24-16(22)19-11-12(10-13(19)15(25)18(4)5)23-9-7-6-8-14(20)21/h13-14H,7-12H2,1-6H3;12-13H,6-11H2,1-5H3,(H,20,21)/t13-,14+;12-,13+/m11/s1. The van der Waals surface area contributed by atoms with Crippen LogP contribution in [0.4, 0.5) is 9.59 Å². The number of methoxy groups -OCH3 is 1. The first-order valence-corrected chi connectivity index (χ1v) is 18.3. The van der Waals surface area contributed by atoms with Crippen molar-refractivity contribution in [2.45, 2.75) is 128 Å². The molecule has 2 rings (SSSR count). The Labute approximate surface area is 315 Å². The van der Waals surface area contributed by atoms with E-state index < -0.39 is 23.3 Å². The van der Waals surface area contributed by atoms with Crippen molar-refractivity contribution < 1.29 is 48.0 Å². The first kappa shape index (κ1) is 46.2. The summed E-state index contributed by atoms with van der Waals surface area (Å²) >= 11 is 11.0. The van der Waals surface area contributed by atoms with Crippen molar-refractivity contribution in [2.75, 3.05) is 61.6 Å². The second-order valence-electron chi connectivity index (χ2n) is 15.1. The number of aliphatic carboxylic acids is 1. The lowest BCUT2D eigenvalue weighted by Gasteiger charge is -2.30. The van der Waals surface area contributed by atoms with E-state index in [1.165, 1.54) is 7.11 Å². The van der Waals surface area contributed by atoms with Crippen LogP contribution in [0.5, 0.6) is 0 Å². The summed E-state index contributed by atoms with van der Waals surface area (Å²) < 4.78 is 27.4. The van der Waals surface area contributed by atoms with Crippen LogP contribution >= 0.6 is 24.4 Å². The third-order valence-electron chi connectivity index (χ3n) is 7.73. The van der Waals surface area contributed by atoms with Gasteiger partial charge in [-0.05, 0) is 67.2 Å². The van der Waals surface area contributed by atoms with Crippen molar-refractivity contribution in [2.24, 2.45) is 0 Å². The Hall–Kier alpha value is -2.82. The van der Waals surface area contributed by atoms with Crippen molar-refractivity contribution in [1.29, 1.82) is 0 Å². The zero-order valence-electron chi connectivity index (χ0n) is 32.5. The van der Waals surface area contributed by atoms with Gasteiger partial charge in [-0.1, -0.05) is 24.4 Å². The van der Waals surface area contributed by atoms with E-state index in [9.17, 15) is 19.2 Å². The molecule has 51 heavy (non-hydrogen) atoms. The van der Waals surface area contributed by atoms with Crippen molar-refractivity contribution in [3.63, 3.8) is 0 Å². The van der Waals surface area contributed by atoms with Gasteiger partial charge in [0, 0.05) is 67.1 Å². The fourth-order valence-corrected chi connectivity index (χ4v) is 5.74. The van der Waals surface area contributed by atoms with Crippen LogP contribution in [0.25, 0.3) is 0 Å². The first-order valence-electron chi connectivity index (χ1n) is 17.5. The van der Waals surface area contributed by atoms with Crippen LogP contribution in [0.3, 0.4) is 0 Å². The molecule has 0 saturated carbocycles. The maximum atomic E-state index is 12.5. The van der Waals surface area contributed by atoms with Gasteiger partial charge in [-0.15, -0.1) is 0 Å². The number of thiocarbonyl (C=S) groups is 2. The number of likely N-dealkylation sites (tertiary alicyclic amines) is 2. The van der Waals surface area contributed by atoms with Crippen LogP contribution in [0.2, 0.25) is 0 Å². The monoisotopic (exact) mass is 762 g/mol. The quantitative estimate of drug-likeness (QED) is 0.108. The third-order valence-corrected chi connectivity index (χ3v) is 9.00. The summed E-state index contributed by atoms with van der Waals surface area (Å²) in [6, 6.07) is -0.446. The summed E-state index contributed by atoms with van der Waals surface area (Å²) in [5.74, 6) is -1.01. The molecule has 2 aliphatic rings. The minimum atomic E-state index is -0.798.